The highest BCUT2D eigenvalue weighted by atomic mass is 127. The van der Waals surface area contributed by atoms with E-state index in [1.54, 1.807) is 4.90 Å². The van der Waals surface area contributed by atoms with E-state index in [1.807, 2.05) is 46.4 Å². The molecule has 0 saturated carbocycles. The Morgan fingerprint density at radius 2 is 1.57 bits per heavy atom. The normalized spacial score (nSPS) is 18.3. The lowest BCUT2D eigenvalue weighted by Gasteiger charge is -2.42. The molecule has 0 aliphatic carbocycles. The summed E-state index contributed by atoms with van der Waals surface area (Å²) in [6.45, 7) is 17.1. The zero-order chi connectivity index (χ0) is 26.2. The molecule has 0 spiro atoms. The third-order valence-corrected chi connectivity index (χ3v) is 6.55. The van der Waals surface area contributed by atoms with Gasteiger partial charge in [0.2, 0.25) is 5.91 Å². The van der Waals surface area contributed by atoms with E-state index in [0.717, 1.165) is 37.0 Å². The maximum absolute atomic E-state index is 13.2. The molecule has 0 aromatic heterocycles. The number of nitrogens with zero attached hydrogens (tertiary/aromatic N) is 3. The Kier molecular flexibility index (Phi) is 11.5. The van der Waals surface area contributed by atoms with Crippen molar-refractivity contribution in [3.8, 4) is 0 Å². The third-order valence-electron chi connectivity index (χ3n) is 5.93. The molecule has 2 aliphatic heterocycles. The lowest BCUT2D eigenvalue weighted by molar-refractivity contribution is -0.156. The summed E-state index contributed by atoms with van der Waals surface area (Å²) in [6.07, 6.45) is 1.24. The van der Waals surface area contributed by atoms with Crippen LogP contribution in [0.5, 0.6) is 0 Å². The number of alkyl halides is 1. The molecular weight excluding hydrogens is 563 g/mol. The predicted molar refractivity (Wildman–Crippen MR) is 145 cm³/mol. The second-order valence-electron chi connectivity index (χ2n) is 11.6. The minimum Gasteiger partial charge on any atom is -0.459 e. The summed E-state index contributed by atoms with van der Waals surface area (Å²) in [7, 11) is 0. The molecule has 0 aromatic rings. The van der Waals surface area contributed by atoms with Gasteiger partial charge in [0.15, 0.2) is 0 Å². The molecule has 0 radical (unpaired) electrons. The number of esters is 1. The number of rotatable bonds is 10. The zero-order valence-corrected chi connectivity index (χ0v) is 24.6. The van der Waals surface area contributed by atoms with Gasteiger partial charge in [-0.3, -0.25) is 14.5 Å². The SMILES string of the molecule is CC(C)(C)OC(=O)CN(CCC(CCI)C(=O)N1CCNCC1)CC1CN(C(=O)OC(C)(C)C)C1. The molecule has 2 saturated heterocycles. The third kappa shape index (κ3) is 11.2. The van der Waals surface area contributed by atoms with Crippen molar-refractivity contribution in [1.82, 2.24) is 20.0 Å². The molecule has 2 amide bonds. The van der Waals surface area contributed by atoms with E-state index < -0.39 is 11.2 Å². The number of hydrogen-bond acceptors (Lipinski definition) is 7. The molecule has 2 aliphatic rings. The minimum absolute atomic E-state index is 0.0502. The molecular formula is C25H45IN4O5. The van der Waals surface area contributed by atoms with Crippen LogP contribution >= 0.6 is 22.6 Å². The fourth-order valence-corrected chi connectivity index (χ4v) is 5.07. The van der Waals surface area contributed by atoms with Crippen molar-refractivity contribution >= 4 is 40.6 Å². The van der Waals surface area contributed by atoms with Crippen LogP contribution in [0.1, 0.15) is 54.4 Å². The van der Waals surface area contributed by atoms with Crippen LogP contribution in [0, 0.1) is 11.8 Å². The van der Waals surface area contributed by atoms with Crippen LogP contribution in [0.2, 0.25) is 0 Å². The number of hydrogen-bond donors (Lipinski definition) is 1. The molecule has 0 bridgehead atoms. The summed E-state index contributed by atoms with van der Waals surface area (Å²) < 4.78 is 11.9. The fraction of sp³-hybridized carbons (Fsp3) is 0.880. The van der Waals surface area contributed by atoms with E-state index in [9.17, 15) is 14.4 Å². The van der Waals surface area contributed by atoms with E-state index in [-0.39, 0.29) is 36.4 Å². The Labute approximate surface area is 224 Å². The first-order valence-corrected chi connectivity index (χ1v) is 14.3. The second-order valence-corrected chi connectivity index (χ2v) is 12.7. The van der Waals surface area contributed by atoms with Crippen molar-refractivity contribution in [2.75, 3.05) is 63.3 Å². The highest BCUT2D eigenvalue weighted by Gasteiger charge is 2.35. The number of carbonyl (C=O) groups excluding carboxylic acids is 3. The van der Waals surface area contributed by atoms with E-state index in [2.05, 4.69) is 32.8 Å². The number of nitrogens with one attached hydrogen (secondary N) is 1. The van der Waals surface area contributed by atoms with Crippen LogP contribution in [0.4, 0.5) is 4.79 Å². The predicted octanol–water partition coefficient (Wildman–Crippen LogP) is 2.76. The number of ether oxygens (including phenoxy) is 2. The highest BCUT2D eigenvalue weighted by molar-refractivity contribution is 14.1. The zero-order valence-electron chi connectivity index (χ0n) is 22.4. The molecule has 1 atom stereocenters. The average Bonchev–Trinajstić information content (AvgIpc) is 2.70. The van der Waals surface area contributed by atoms with Gasteiger partial charge in [-0.15, -0.1) is 0 Å². The number of likely N-dealkylation sites (tertiary alicyclic amines) is 1. The van der Waals surface area contributed by atoms with Gasteiger partial charge in [0.25, 0.3) is 0 Å². The molecule has 202 valence electrons. The highest BCUT2D eigenvalue weighted by Crippen LogP contribution is 2.22. The number of halogens is 1. The van der Waals surface area contributed by atoms with Gasteiger partial charge in [-0.1, -0.05) is 22.6 Å². The molecule has 10 heteroatoms. The van der Waals surface area contributed by atoms with Gasteiger partial charge < -0.3 is 24.6 Å². The minimum atomic E-state index is -0.547. The van der Waals surface area contributed by atoms with Gasteiger partial charge in [0.1, 0.15) is 11.2 Å². The van der Waals surface area contributed by atoms with Crippen LogP contribution in [-0.4, -0.2) is 107 Å². The summed E-state index contributed by atoms with van der Waals surface area (Å²) in [5.74, 6) is 0.169. The second kappa shape index (κ2) is 13.4. The number of piperazine rings is 1. The largest absolute Gasteiger partial charge is 0.459 e. The Morgan fingerprint density at radius 1 is 0.971 bits per heavy atom. The standard InChI is InChI=1S/C25H45IN4O5/c1-24(2,3)34-21(31)18-28(15-19-16-30(17-19)23(33)35-25(4,5)6)12-8-20(7-9-26)22(32)29-13-10-27-11-14-29/h19-20,27H,7-18H2,1-6H3. The van der Waals surface area contributed by atoms with Crippen LogP contribution < -0.4 is 5.32 Å². The molecule has 9 nitrogen and oxygen atoms in total. The van der Waals surface area contributed by atoms with Gasteiger partial charge in [-0.05, 0) is 60.9 Å². The van der Waals surface area contributed by atoms with Crippen LogP contribution in [0.15, 0.2) is 0 Å². The van der Waals surface area contributed by atoms with Crippen LogP contribution in [0.3, 0.4) is 0 Å². The molecule has 1 unspecified atom stereocenters. The van der Waals surface area contributed by atoms with Gasteiger partial charge >= 0.3 is 12.1 Å². The van der Waals surface area contributed by atoms with E-state index in [4.69, 9.17) is 9.47 Å². The summed E-state index contributed by atoms with van der Waals surface area (Å²) >= 11 is 2.33. The Morgan fingerprint density at radius 3 is 2.11 bits per heavy atom. The lowest BCUT2D eigenvalue weighted by Crippen LogP contribution is -2.55. The van der Waals surface area contributed by atoms with Gasteiger partial charge in [0.05, 0.1) is 6.54 Å². The van der Waals surface area contributed by atoms with Crippen molar-refractivity contribution in [3.05, 3.63) is 0 Å². The van der Waals surface area contributed by atoms with Crippen molar-refractivity contribution in [2.24, 2.45) is 11.8 Å². The van der Waals surface area contributed by atoms with Crippen molar-refractivity contribution < 1.29 is 23.9 Å². The Balaban J connectivity index is 1.96. The van der Waals surface area contributed by atoms with Crippen LogP contribution in [-0.2, 0) is 19.1 Å². The van der Waals surface area contributed by atoms with E-state index >= 15 is 0 Å². The van der Waals surface area contributed by atoms with Crippen molar-refractivity contribution in [3.63, 3.8) is 0 Å². The summed E-state index contributed by atoms with van der Waals surface area (Å²) in [5.41, 5.74) is -1.07. The van der Waals surface area contributed by atoms with E-state index in [1.165, 1.54) is 0 Å². The van der Waals surface area contributed by atoms with Crippen molar-refractivity contribution in [1.29, 1.82) is 0 Å². The molecule has 35 heavy (non-hydrogen) atoms. The first-order chi connectivity index (χ1) is 16.3. The average molecular weight is 609 g/mol. The van der Waals surface area contributed by atoms with Crippen LogP contribution in [0.25, 0.3) is 0 Å². The van der Waals surface area contributed by atoms with E-state index in [0.29, 0.717) is 32.6 Å². The maximum Gasteiger partial charge on any atom is 0.410 e. The molecule has 0 aromatic carbocycles. The topological polar surface area (TPSA) is 91.4 Å². The maximum atomic E-state index is 13.2. The molecule has 1 N–H and O–H groups in total. The number of amides is 2. The quantitative estimate of drug-likeness (QED) is 0.232. The Hall–Kier alpha value is -1.14. The number of carbonyl (C=O) groups is 3. The van der Waals surface area contributed by atoms with Crippen molar-refractivity contribution in [2.45, 2.75) is 65.6 Å². The summed E-state index contributed by atoms with van der Waals surface area (Å²) in [5, 5.41) is 3.30. The first kappa shape index (κ1) is 30.1. The van der Waals surface area contributed by atoms with Gasteiger partial charge in [0, 0.05) is 62.1 Å². The lowest BCUT2D eigenvalue weighted by atomic mass is 9.97. The van der Waals surface area contributed by atoms with Gasteiger partial charge in [-0.2, -0.15) is 0 Å². The Bertz CT molecular complexity index is 710. The summed E-state index contributed by atoms with van der Waals surface area (Å²) in [6, 6.07) is 0. The molecule has 2 heterocycles. The molecule has 2 rings (SSSR count). The monoisotopic (exact) mass is 608 g/mol. The van der Waals surface area contributed by atoms with Gasteiger partial charge in [-0.25, -0.2) is 4.79 Å². The first-order valence-electron chi connectivity index (χ1n) is 12.7. The molecule has 2 fully saturated rings. The smallest absolute Gasteiger partial charge is 0.410 e. The fourth-order valence-electron chi connectivity index (χ4n) is 4.32. The summed E-state index contributed by atoms with van der Waals surface area (Å²) in [4.78, 5) is 43.8.